The summed E-state index contributed by atoms with van der Waals surface area (Å²) in [4.78, 5) is 27.1. The number of nitrogens with two attached hydrogens (primary N) is 1. The Morgan fingerprint density at radius 3 is 1.28 bits per heavy atom. The minimum Gasteiger partial charge on any atom is -0.465 e. The van der Waals surface area contributed by atoms with E-state index in [2.05, 4.69) is 4.74 Å². The van der Waals surface area contributed by atoms with Gasteiger partial charge >= 0.3 is 5.97 Å². The molecule has 396 valence electrons. The number of methoxy groups -OCH3 is 1. The van der Waals surface area contributed by atoms with Crippen molar-refractivity contribution in [3.63, 3.8) is 0 Å². The van der Waals surface area contributed by atoms with Crippen LogP contribution in [-0.2, 0) is 57.9 Å². The molecule has 4 aromatic carbocycles. The Hall–Kier alpha value is -4.48. The van der Waals surface area contributed by atoms with Gasteiger partial charge in [0.1, 0.15) is 23.3 Å². The molecule has 18 nitrogen and oxygen atoms in total. The van der Waals surface area contributed by atoms with Gasteiger partial charge in [0.2, 0.25) is 40.1 Å². The zero-order valence-corrected chi connectivity index (χ0v) is 44.0. The van der Waals surface area contributed by atoms with Gasteiger partial charge in [0.15, 0.2) is 5.78 Å². The second-order valence-corrected chi connectivity index (χ2v) is 25.4. The van der Waals surface area contributed by atoms with E-state index >= 15 is 0 Å². The first-order valence-electron chi connectivity index (χ1n) is 21.8. The maximum absolute atomic E-state index is 14.8. The number of esters is 1. The zero-order valence-electron chi connectivity index (χ0n) is 39.2. The van der Waals surface area contributed by atoms with E-state index in [1.807, 2.05) is 9.80 Å². The van der Waals surface area contributed by atoms with Crippen molar-refractivity contribution in [2.45, 2.75) is 13.1 Å². The summed E-state index contributed by atoms with van der Waals surface area (Å²) in [7, 11) is -13.6. The number of piperazine rings is 2. The van der Waals surface area contributed by atoms with Gasteiger partial charge in [0.25, 0.3) is 0 Å². The third kappa shape index (κ3) is 15.8. The number of nitrogens with zero attached hydrogens (tertiary/aromatic N) is 6. The number of anilines is 2. The van der Waals surface area contributed by atoms with Crippen molar-refractivity contribution in [2.75, 3.05) is 112 Å². The molecule has 4 aromatic rings. The molecule has 0 bridgehead atoms. The Balaban J connectivity index is 0.000000267. The van der Waals surface area contributed by atoms with Crippen LogP contribution in [0, 0.1) is 23.3 Å². The molecule has 2 fully saturated rings. The van der Waals surface area contributed by atoms with E-state index in [1.165, 1.54) is 45.0 Å². The second-order valence-electron chi connectivity index (χ2n) is 16.6. The van der Waals surface area contributed by atoms with E-state index in [0.717, 1.165) is 64.6 Å². The minimum absolute atomic E-state index is 0.00522. The predicted octanol–water partition coefficient (Wildman–Crippen LogP) is 3.99. The van der Waals surface area contributed by atoms with Gasteiger partial charge in [-0.2, -0.15) is 8.61 Å². The Bertz CT molecular complexity index is 2870. The molecule has 2 aliphatic heterocycles. The van der Waals surface area contributed by atoms with Crippen LogP contribution in [0.1, 0.15) is 31.8 Å². The number of benzene rings is 4. The number of hydrogen-bond acceptors (Lipinski definition) is 14. The molecule has 2 aliphatic rings. The summed E-state index contributed by atoms with van der Waals surface area (Å²) in [5, 5.41) is -0.597. The van der Waals surface area contributed by atoms with Crippen LogP contribution in [0.25, 0.3) is 0 Å². The molecular formula is C44H53Cl2F4N7O11S4. The van der Waals surface area contributed by atoms with Gasteiger partial charge in [-0.1, -0.05) is 41.4 Å². The number of ether oxygens (including phenoxy) is 1. The number of carbonyl (C=O) groups excluding carboxylic acids is 2. The van der Waals surface area contributed by atoms with E-state index in [0.29, 0.717) is 26.2 Å². The maximum atomic E-state index is 14.8. The number of ketones is 1. The monoisotopic (exact) mass is 1130 g/mol. The standard InChI is InChI=1S/C22H27ClF2N4O5S2.C22H26ClF2N3O6S2/c1-35(31,32)28-8-6-27(7-9-28)10-11-36(33,34)29(18-4-5-20(24)19(23)13-18)15-17-3-2-16(12-21(17)25)22(30)14-26;1-34-22(29)16-3-4-17(21(25)13-16)15-28(18-5-6-20(24)19(23)14-18)36(32,33)12-11-26-7-9-27(10-8-26)35(2,30)31/h2-5,12-13H,6-11,14-15,26H2,1H3;3-6,13-14H,7-12,15H2,1-2H3. The van der Waals surface area contributed by atoms with Gasteiger partial charge in [-0.3, -0.25) is 23.2 Å². The summed E-state index contributed by atoms with van der Waals surface area (Å²) in [5.74, 6) is -5.01. The van der Waals surface area contributed by atoms with Crippen LogP contribution >= 0.6 is 23.2 Å². The molecule has 0 amide bonds. The number of rotatable bonds is 19. The zero-order chi connectivity index (χ0) is 53.3. The van der Waals surface area contributed by atoms with Crippen molar-refractivity contribution in [2.24, 2.45) is 5.73 Å². The number of halogens is 6. The average Bonchev–Trinajstić information content (AvgIpc) is 3.33. The highest BCUT2D eigenvalue weighted by Crippen LogP contribution is 2.30. The fourth-order valence-electron chi connectivity index (χ4n) is 7.46. The fraction of sp³-hybridized carbons (Fsp3) is 0.409. The molecule has 2 saturated heterocycles. The quantitative estimate of drug-likeness (QED) is 0.0797. The molecule has 0 aliphatic carbocycles. The molecule has 0 radical (unpaired) electrons. The normalized spacial score (nSPS) is 15.6. The molecule has 0 saturated carbocycles. The highest BCUT2D eigenvalue weighted by molar-refractivity contribution is 7.93. The van der Waals surface area contributed by atoms with E-state index < -0.39 is 88.2 Å². The van der Waals surface area contributed by atoms with Crippen molar-refractivity contribution in [3.8, 4) is 0 Å². The SMILES string of the molecule is COC(=O)c1ccc(CN(c2ccc(F)c(Cl)c2)S(=O)(=O)CCN2CCN(S(C)(=O)=O)CC2)c(F)c1.CS(=O)(=O)N1CCN(CCS(=O)(=O)N(Cc2ccc(C(=O)CN)cc2F)c2ccc(F)c(Cl)c2)CC1. The molecule has 72 heavy (non-hydrogen) atoms. The fourth-order valence-corrected chi connectivity index (χ4v) is 12.4. The van der Waals surface area contributed by atoms with Crippen LogP contribution in [0.15, 0.2) is 72.8 Å². The molecule has 0 atom stereocenters. The van der Waals surface area contributed by atoms with Crippen LogP contribution in [0.4, 0.5) is 28.9 Å². The summed E-state index contributed by atoms with van der Waals surface area (Å²) < 4.78 is 167. The van der Waals surface area contributed by atoms with Gasteiger partial charge < -0.3 is 10.5 Å². The smallest absolute Gasteiger partial charge is 0.337 e. The maximum Gasteiger partial charge on any atom is 0.337 e. The lowest BCUT2D eigenvalue weighted by Gasteiger charge is -2.33. The van der Waals surface area contributed by atoms with Crippen LogP contribution in [0.5, 0.6) is 0 Å². The lowest BCUT2D eigenvalue weighted by atomic mass is 10.1. The van der Waals surface area contributed by atoms with Crippen molar-refractivity contribution in [1.29, 1.82) is 0 Å². The summed E-state index contributed by atoms with van der Waals surface area (Å²) in [6, 6.07) is 14.0. The van der Waals surface area contributed by atoms with Gasteiger partial charge in [-0.15, -0.1) is 0 Å². The Morgan fingerprint density at radius 1 is 0.569 bits per heavy atom. The van der Waals surface area contributed by atoms with Crippen molar-refractivity contribution >= 4 is 86.4 Å². The van der Waals surface area contributed by atoms with Crippen molar-refractivity contribution in [1.82, 2.24) is 18.4 Å². The van der Waals surface area contributed by atoms with E-state index in [1.54, 1.807) is 0 Å². The number of carbonyl (C=O) groups is 2. The molecule has 0 aromatic heterocycles. The van der Waals surface area contributed by atoms with E-state index in [9.17, 15) is 60.8 Å². The van der Waals surface area contributed by atoms with Crippen LogP contribution in [0.3, 0.4) is 0 Å². The Kier molecular flexibility index (Phi) is 20.0. The van der Waals surface area contributed by atoms with Gasteiger partial charge in [-0.05, 0) is 54.6 Å². The first-order valence-corrected chi connectivity index (χ1v) is 29.4. The third-order valence-corrected chi connectivity index (χ3v) is 18.3. The second kappa shape index (κ2) is 24.7. The van der Waals surface area contributed by atoms with Gasteiger partial charge in [0, 0.05) is 82.1 Å². The Morgan fingerprint density at radius 2 is 0.944 bits per heavy atom. The average molecular weight is 1130 g/mol. The highest BCUT2D eigenvalue weighted by Gasteiger charge is 2.31. The molecule has 28 heteroatoms. The molecule has 0 spiro atoms. The minimum atomic E-state index is -4.07. The lowest BCUT2D eigenvalue weighted by Crippen LogP contribution is -2.49. The molecule has 2 N–H and O–H groups in total. The summed E-state index contributed by atoms with van der Waals surface area (Å²) in [5.41, 5.74) is 5.40. The lowest BCUT2D eigenvalue weighted by molar-refractivity contribution is 0.0600. The highest BCUT2D eigenvalue weighted by atomic mass is 35.5. The largest absolute Gasteiger partial charge is 0.465 e. The van der Waals surface area contributed by atoms with Crippen molar-refractivity contribution < 1.29 is 65.6 Å². The van der Waals surface area contributed by atoms with Crippen LogP contribution < -0.4 is 14.3 Å². The molecule has 2 heterocycles. The summed E-state index contributed by atoms with van der Waals surface area (Å²) in [6.45, 7) is 1.47. The summed E-state index contributed by atoms with van der Waals surface area (Å²) >= 11 is 11.8. The van der Waals surface area contributed by atoms with Crippen LogP contribution in [0.2, 0.25) is 10.0 Å². The Labute approximate surface area is 427 Å². The first-order chi connectivity index (χ1) is 33.6. The van der Waals surface area contributed by atoms with Gasteiger partial charge in [0.05, 0.1) is 77.7 Å². The van der Waals surface area contributed by atoms with E-state index in [-0.39, 0.29) is 101 Å². The van der Waals surface area contributed by atoms with Gasteiger partial charge in [-0.25, -0.2) is 56.0 Å². The number of sulfonamides is 4. The van der Waals surface area contributed by atoms with E-state index in [4.69, 9.17) is 28.9 Å². The molecular weight excluding hydrogens is 1080 g/mol. The van der Waals surface area contributed by atoms with Crippen LogP contribution in [-0.4, -0.2) is 167 Å². The number of hydrogen-bond donors (Lipinski definition) is 1. The molecule has 0 unspecified atom stereocenters. The predicted molar refractivity (Wildman–Crippen MR) is 266 cm³/mol. The number of Topliss-reactive ketones (excluding diaryl/α,β-unsaturated/α-hetero) is 1. The summed E-state index contributed by atoms with van der Waals surface area (Å²) in [6.07, 6.45) is 2.24. The topological polar surface area (TPSA) is 225 Å². The molecule has 6 rings (SSSR count). The first kappa shape index (κ1) is 58.4. The third-order valence-electron chi connectivity index (χ3n) is 11.6. The van der Waals surface area contributed by atoms with Crippen molar-refractivity contribution in [3.05, 3.63) is 128 Å².